The third kappa shape index (κ3) is 3.78. The highest BCUT2D eigenvalue weighted by Gasteiger charge is 2.30. The second kappa shape index (κ2) is 5.87. The average Bonchev–Trinajstić information content (AvgIpc) is 2.95. The number of nitrogens with one attached hydrogen (secondary N) is 1. The van der Waals surface area contributed by atoms with Crippen LogP contribution >= 0.6 is 23.1 Å². The number of thioether (sulfide) groups is 1. The molecule has 1 aromatic rings. The first-order chi connectivity index (χ1) is 7.40. The summed E-state index contributed by atoms with van der Waals surface area (Å²) in [7, 11) is 0. The van der Waals surface area contributed by atoms with Crippen LogP contribution in [0.3, 0.4) is 0 Å². The second-order valence-corrected chi connectivity index (χ2v) is 6.17. The molecule has 1 aliphatic rings. The van der Waals surface area contributed by atoms with Crippen LogP contribution in [-0.4, -0.2) is 23.3 Å². The van der Waals surface area contributed by atoms with Gasteiger partial charge in [0.2, 0.25) is 0 Å². The third-order valence-electron chi connectivity index (χ3n) is 2.64. The van der Waals surface area contributed by atoms with Crippen LogP contribution in [0.25, 0.3) is 0 Å². The molecule has 0 radical (unpaired) electrons. The third-order valence-corrected chi connectivity index (χ3v) is 4.73. The summed E-state index contributed by atoms with van der Waals surface area (Å²) in [5.74, 6) is 2.11. The van der Waals surface area contributed by atoms with Crippen LogP contribution in [0.15, 0.2) is 15.9 Å². The van der Waals surface area contributed by atoms with E-state index in [1.165, 1.54) is 29.4 Å². The minimum atomic E-state index is 0.707. The lowest BCUT2D eigenvalue weighted by Gasteiger charge is -2.16. The zero-order valence-corrected chi connectivity index (χ0v) is 10.7. The predicted octanol–water partition coefficient (Wildman–Crippen LogP) is 3.01. The highest BCUT2D eigenvalue weighted by molar-refractivity contribution is 8.01. The minimum Gasteiger partial charge on any atom is -0.313 e. The molecule has 0 amide bonds. The molecule has 84 valence electrons. The number of hydrogen-bond donors (Lipinski definition) is 1. The Bertz CT molecular complexity index is 270. The van der Waals surface area contributed by atoms with Gasteiger partial charge in [0.25, 0.3) is 0 Å². The number of nitrogens with zero attached hydrogens (tertiary/aromatic N) is 1. The maximum absolute atomic E-state index is 4.30. The van der Waals surface area contributed by atoms with Gasteiger partial charge in [-0.05, 0) is 31.7 Å². The van der Waals surface area contributed by atoms with Crippen molar-refractivity contribution in [1.82, 2.24) is 10.3 Å². The molecule has 0 spiro atoms. The van der Waals surface area contributed by atoms with E-state index >= 15 is 0 Å². The van der Waals surface area contributed by atoms with E-state index in [9.17, 15) is 0 Å². The van der Waals surface area contributed by atoms with Crippen molar-refractivity contribution in [2.24, 2.45) is 5.92 Å². The van der Waals surface area contributed by atoms with E-state index in [0.717, 1.165) is 12.5 Å². The van der Waals surface area contributed by atoms with Crippen LogP contribution in [0.2, 0.25) is 0 Å². The molecule has 0 aliphatic heterocycles. The molecule has 2 nitrogen and oxygen atoms in total. The van der Waals surface area contributed by atoms with E-state index in [-0.39, 0.29) is 0 Å². The Morgan fingerprint density at radius 3 is 3.13 bits per heavy atom. The summed E-state index contributed by atoms with van der Waals surface area (Å²) in [5.41, 5.74) is 0. The molecule has 1 aromatic heterocycles. The SMILES string of the molecule is CCCNC(CSc1nccs1)C1CC1. The number of hydrogen-bond acceptors (Lipinski definition) is 4. The van der Waals surface area contributed by atoms with Crippen LogP contribution in [-0.2, 0) is 0 Å². The fourth-order valence-electron chi connectivity index (χ4n) is 1.63. The first-order valence-corrected chi connectivity index (χ1v) is 7.52. The Balaban J connectivity index is 1.74. The second-order valence-electron chi connectivity index (χ2n) is 4.01. The topological polar surface area (TPSA) is 24.9 Å². The van der Waals surface area contributed by atoms with Crippen LogP contribution in [0.1, 0.15) is 26.2 Å². The normalized spacial score (nSPS) is 17.9. The highest BCUT2D eigenvalue weighted by Crippen LogP contribution is 2.35. The Morgan fingerprint density at radius 1 is 1.67 bits per heavy atom. The lowest BCUT2D eigenvalue weighted by atomic mass is 10.2. The van der Waals surface area contributed by atoms with Gasteiger partial charge >= 0.3 is 0 Å². The van der Waals surface area contributed by atoms with Crippen molar-refractivity contribution in [2.45, 2.75) is 36.6 Å². The van der Waals surface area contributed by atoms with Gasteiger partial charge in [-0.25, -0.2) is 4.98 Å². The molecule has 0 bridgehead atoms. The monoisotopic (exact) mass is 242 g/mol. The summed E-state index contributed by atoms with van der Waals surface area (Å²) in [5, 5.41) is 5.70. The van der Waals surface area contributed by atoms with Crippen molar-refractivity contribution >= 4 is 23.1 Å². The molecule has 2 rings (SSSR count). The molecule has 0 saturated heterocycles. The van der Waals surface area contributed by atoms with Crippen molar-refractivity contribution < 1.29 is 0 Å². The molecule has 1 N–H and O–H groups in total. The van der Waals surface area contributed by atoms with E-state index < -0.39 is 0 Å². The molecule has 4 heteroatoms. The van der Waals surface area contributed by atoms with Gasteiger partial charge in [-0.3, -0.25) is 0 Å². The molecular formula is C11H18N2S2. The van der Waals surface area contributed by atoms with E-state index in [4.69, 9.17) is 0 Å². The Hall–Kier alpha value is -0.0600. The molecular weight excluding hydrogens is 224 g/mol. The van der Waals surface area contributed by atoms with Crippen molar-refractivity contribution in [3.05, 3.63) is 11.6 Å². The molecule has 15 heavy (non-hydrogen) atoms. The Kier molecular flexibility index (Phi) is 4.47. The maximum Gasteiger partial charge on any atom is 0.149 e. The number of thiazole rings is 1. The first kappa shape index (κ1) is 11.4. The van der Waals surface area contributed by atoms with Crippen LogP contribution in [0, 0.1) is 5.92 Å². The lowest BCUT2D eigenvalue weighted by Crippen LogP contribution is -2.33. The van der Waals surface area contributed by atoms with Crippen molar-refractivity contribution in [3.8, 4) is 0 Å². The van der Waals surface area contributed by atoms with Crippen molar-refractivity contribution in [2.75, 3.05) is 12.3 Å². The first-order valence-electron chi connectivity index (χ1n) is 5.66. The van der Waals surface area contributed by atoms with E-state index in [2.05, 4.69) is 17.2 Å². The number of aromatic nitrogens is 1. The van der Waals surface area contributed by atoms with Crippen LogP contribution in [0.5, 0.6) is 0 Å². The smallest absolute Gasteiger partial charge is 0.149 e. The average molecular weight is 242 g/mol. The zero-order valence-electron chi connectivity index (χ0n) is 9.11. The molecule has 1 saturated carbocycles. The summed E-state index contributed by atoms with van der Waals surface area (Å²) in [6.07, 6.45) is 5.95. The lowest BCUT2D eigenvalue weighted by molar-refractivity contribution is 0.503. The van der Waals surface area contributed by atoms with E-state index in [0.29, 0.717) is 6.04 Å². The van der Waals surface area contributed by atoms with Gasteiger partial charge in [0.1, 0.15) is 4.34 Å². The Morgan fingerprint density at radius 2 is 2.53 bits per heavy atom. The molecule has 1 aliphatic carbocycles. The molecule has 1 unspecified atom stereocenters. The van der Waals surface area contributed by atoms with Gasteiger partial charge in [-0.2, -0.15) is 0 Å². The van der Waals surface area contributed by atoms with E-state index in [1.807, 2.05) is 23.3 Å². The van der Waals surface area contributed by atoms with Gasteiger partial charge < -0.3 is 5.32 Å². The van der Waals surface area contributed by atoms with Gasteiger partial charge in [0.15, 0.2) is 0 Å². The molecule has 0 aromatic carbocycles. The quantitative estimate of drug-likeness (QED) is 0.744. The summed E-state index contributed by atoms with van der Waals surface area (Å²) in [6, 6.07) is 0.707. The fraction of sp³-hybridized carbons (Fsp3) is 0.727. The Labute approximate surface area is 99.9 Å². The van der Waals surface area contributed by atoms with Gasteiger partial charge in [0, 0.05) is 23.4 Å². The van der Waals surface area contributed by atoms with Crippen LogP contribution in [0.4, 0.5) is 0 Å². The summed E-state index contributed by atoms with van der Waals surface area (Å²) in [4.78, 5) is 4.30. The van der Waals surface area contributed by atoms with Crippen molar-refractivity contribution in [1.29, 1.82) is 0 Å². The molecule has 1 heterocycles. The predicted molar refractivity (Wildman–Crippen MR) is 67.6 cm³/mol. The standard InChI is InChI=1S/C11H18N2S2/c1-2-5-12-10(9-3-4-9)8-15-11-13-6-7-14-11/h6-7,9-10,12H,2-5,8H2,1H3. The summed E-state index contributed by atoms with van der Waals surface area (Å²) < 4.78 is 1.21. The van der Waals surface area contributed by atoms with Crippen LogP contribution < -0.4 is 5.32 Å². The summed E-state index contributed by atoms with van der Waals surface area (Å²) in [6.45, 7) is 3.38. The fourth-order valence-corrected chi connectivity index (χ4v) is 3.48. The van der Waals surface area contributed by atoms with Gasteiger partial charge in [0.05, 0.1) is 0 Å². The number of rotatable bonds is 7. The van der Waals surface area contributed by atoms with Gasteiger partial charge in [-0.15, -0.1) is 11.3 Å². The highest BCUT2D eigenvalue weighted by atomic mass is 32.2. The zero-order chi connectivity index (χ0) is 10.5. The summed E-state index contributed by atoms with van der Waals surface area (Å²) >= 11 is 3.64. The van der Waals surface area contributed by atoms with Gasteiger partial charge in [-0.1, -0.05) is 18.7 Å². The largest absolute Gasteiger partial charge is 0.313 e. The maximum atomic E-state index is 4.30. The molecule has 1 atom stereocenters. The van der Waals surface area contributed by atoms with Crippen molar-refractivity contribution in [3.63, 3.8) is 0 Å². The van der Waals surface area contributed by atoms with E-state index in [1.54, 1.807) is 11.3 Å². The minimum absolute atomic E-state index is 0.707. The molecule has 1 fully saturated rings.